The Morgan fingerprint density at radius 3 is 2.42 bits per heavy atom. The molecule has 164 valence electrons. The van der Waals surface area contributed by atoms with Crippen LogP contribution in [-0.4, -0.2) is 13.1 Å². The Balaban J connectivity index is 1.78. The molecule has 2 aromatic carbocycles. The third-order valence-corrected chi connectivity index (χ3v) is 6.11. The van der Waals surface area contributed by atoms with Gasteiger partial charge in [-0.25, -0.2) is 22.3 Å². The van der Waals surface area contributed by atoms with Crippen LogP contribution in [0, 0.1) is 28.0 Å². The second-order valence-corrected chi connectivity index (χ2v) is 8.39. The van der Waals surface area contributed by atoms with Crippen molar-refractivity contribution in [1.82, 2.24) is 10.0 Å². The summed E-state index contributed by atoms with van der Waals surface area (Å²) in [6.07, 6.45) is 9.30. The molecule has 2 atom stereocenters. The van der Waals surface area contributed by atoms with Crippen LogP contribution in [0.15, 0.2) is 65.2 Å². The lowest BCUT2D eigenvalue weighted by Crippen LogP contribution is -2.28. The Hall–Kier alpha value is -2.71. The predicted octanol–water partition coefficient (Wildman–Crippen LogP) is 5.53. The maximum atomic E-state index is 13.6. The van der Waals surface area contributed by atoms with Crippen LogP contribution in [0.3, 0.4) is 0 Å². The maximum absolute atomic E-state index is 13.6. The molecular weight excluding hydrogens is 426 g/mol. The Bertz CT molecular complexity index is 1020. The second kappa shape index (κ2) is 10.5. The number of allylic oxidation sites excluding steroid dienone is 2. The van der Waals surface area contributed by atoms with Gasteiger partial charge in [0.05, 0.1) is 4.91 Å². The van der Waals surface area contributed by atoms with Gasteiger partial charge in [-0.15, -0.1) is 0 Å². The second-order valence-electron chi connectivity index (χ2n) is 7.10. The summed E-state index contributed by atoms with van der Waals surface area (Å²) in [6, 6.07) is 8.18. The Morgan fingerprint density at radius 2 is 1.77 bits per heavy atom. The number of benzene rings is 2. The summed E-state index contributed by atoms with van der Waals surface area (Å²) in [5.41, 5.74) is 1.82. The van der Waals surface area contributed by atoms with Gasteiger partial charge in [-0.2, -0.15) is 0 Å². The fraction of sp³-hybridized carbons (Fsp3) is 0.217. The average Bonchev–Trinajstić information content (AvgIpc) is 2.87. The third kappa shape index (κ3) is 6.15. The van der Waals surface area contributed by atoms with Crippen LogP contribution in [0.25, 0.3) is 6.08 Å². The summed E-state index contributed by atoms with van der Waals surface area (Å²) in [5, 5.41) is 2.90. The van der Waals surface area contributed by atoms with E-state index >= 15 is 0 Å². The van der Waals surface area contributed by atoms with E-state index in [1.807, 2.05) is 6.08 Å². The first-order valence-electron chi connectivity index (χ1n) is 9.75. The zero-order chi connectivity index (χ0) is 22.4. The van der Waals surface area contributed by atoms with E-state index in [-0.39, 0.29) is 17.4 Å². The van der Waals surface area contributed by atoms with Crippen molar-refractivity contribution in [3.63, 3.8) is 0 Å². The fourth-order valence-corrected chi connectivity index (χ4v) is 4.46. The molecule has 8 heteroatoms. The van der Waals surface area contributed by atoms with Crippen molar-refractivity contribution in [1.29, 1.82) is 4.78 Å². The number of hydrogen-bond donors (Lipinski definition) is 3. The highest BCUT2D eigenvalue weighted by atomic mass is 32.2. The van der Waals surface area contributed by atoms with E-state index in [0.717, 1.165) is 37.0 Å². The maximum Gasteiger partial charge on any atom is 0.194 e. The molecule has 3 rings (SSSR count). The van der Waals surface area contributed by atoms with Crippen molar-refractivity contribution >= 4 is 17.0 Å². The number of aryl methyl sites for hydroxylation is 1. The Labute approximate surface area is 181 Å². The molecule has 0 radical (unpaired) electrons. The van der Waals surface area contributed by atoms with Gasteiger partial charge in [-0.1, -0.05) is 24.3 Å². The van der Waals surface area contributed by atoms with Crippen LogP contribution < -0.4 is 10.0 Å². The summed E-state index contributed by atoms with van der Waals surface area (Å²) in [6.45, 7) is 0. The van der Waals surface area contributed by atoms with Gasteiger partial charge in [-0.05, 0) is 77.2 Å². The van der Waals surface area contributed by atoms with Crippen molar-refractivity contribution < 1.29 is 17.6 Å². The van der Waals surface area contributed by atoms with Crippen molar-refractivity contribution in [2.45, 2.75) is 25.3 Å². The molecule has 0 aliphatic carbocycles. The molecule has 2 aromatic rings. The van der Waals surface area contributed by atoms with E-state index in [1.54, 1.807) is 31.5 Å². The fourth-order valence-electron chi connectivity index (χ4n) is 3.24. The zero-order valence-corrected chi connectivity index (χ0v) is 17.7. The van der Waals surface area contributed by atoms with E-state index in [1.165, 1.54) is 18.2 Å². The molecule has 0 spiro atoms. The van der Waals surface area contributed by atoms with E-state index in [9.17, 15) is 17.6 Å². The molecule has 3 N–H and O–H groups in total. The monoisotopic (exact) mass is 449 g/mol. The number of halogens is 4. The van der Waals surface area contributed by atoms with E-state index in [4.69, 9.17) is 4.78 Å². The average molecular weight is 450 g/mol. The normalized spacial score (nSPS) is 21.5. The van der Waals surface area contributed by atoms with Crippen molar-refractivity contribution in [2.24, 2.45) is 0 Å². The van der Waals surface area contributed by atoms with E-state index in [2.05, 4.69) is 10.0 Å². The quantitative estimate of drug-likeness (QED) is 0.401. The molecule has 0 saturated carbocycles. The third-order valence-electron chi connectivity index (χ3n) is 4.78. The molecular formula is C23H23F4N3S. The highest BCUT2D eigenvalue weighted by Gasteiger charge is 2.18. The summed E-state index contributed by atoms with van der Waals surface area (Å²) in [5.74, 6) is -4.29. The van der Waals surface area contributed by atoms with Crippen molar-refractivity contribution in [3.05, 3.63) is 99.6 Å². The summed E-state index contributed by atoms with van der Waals surface area (Å²) in [7, 11) is 0.614. The molecule has 0 bridgehead atoms. The van der Waals surface area contributed by atoms with Crippen molar-refractivity contribution in [3.8, 4) is 0 Å². The van der Waals surface area contributed by atoms with E-state index in [0.29, 0.717) is 10.5 Å². The predicted molar refractivity (Wildman–Crippen MR) is 117 cm³/mol. The van der Waals surface area contributed by atoms with Crippen LogP contribution in [0.5, 0.6) is 0 Å². The summed E-state index contributed by atoms with van der Waals surface area (Å²) in [4.78, 5) is 0.616. The van der Waals surface area contributed by atoms with Gasteiger partial charge >= 0.3 is 0 Å². The standard InChI is InChI=1S/C23H23F4N3S/c1-29-14-22-17(11-16-12-20(25)23(27)21(26)13-16)7-10-19(30-31(22)28)4-2-3-15-5-8-18(24)9-6-15/h5-14,19,29H,2-4H2,1H3,(H2,28,30)/b17-11+,22-14+. The summed E-state index contributed by atoms with van der Waals surface area (Å²) >= 11 is 0. The minimum atomic E-state index is -1.51. The van der Waals surface area contributed by atoms with Gasteiger partial charge in [-0.3, -0.25) is 4.78 Å². The molecule has 0 amide bonds. The highest BCUT2D eigenvalue weighted by Crippen LogP contribution is 2.24. The largest absolute Gasteiger partial charge is 0.393 e. The molecule has 31 heavy (non-hydrogen) atoms. The lowest BCUT2D eigenvalue weighted by atomic mass is 10.0. The lowest BCUT2D eigenvalue weighted by Gasteiger charge is -2.15. The van der Waals surface area contributed by atoms with Crippen molar-refractivity contribution in [2.75, 3.05) is 7.05 Å². The number of rotatable bonds is 6. The molecule has 2 unspecified atom stereocenters. The molecule has 1 aliphatic rings. The smallest absolute Gasteiger partial charge is 0.194 e. The molecule has 0 saturated heterocycles. The first kappa shape index (κ1) is 23.0. The van der Waals surface area contributed by atoms with Gasteiger partial charge in [0, 0.05) is 19.3 Å². The molecule has 0 aromatic heterocycles. The Morgan fingerprint density at radius 1 is 1.10 bits per heavy atom. The zero-order valence-electron chi connectivity index (χ0n) is 16.9. The molecule has 1 heterocycles. The number of nitrogens with one attached hydrogen (secondary N) is 3. The topological polar surface area (TPSA) is 47.9 Å². The SMILES string of the molecule is CN/C=C1\C(=C\c2cc(F)c(F)c(F)c2)C=CC(CCCc2ccc(F)cc2)NS1=N. The highest BCUT2D eigenvalue weighted by molar-refractivity contribution is 7.88. The van der Waals surface area contributed by atoms with Crippen LogP contribution in [0.1, 0.15) is 24.0 Å². The van der Waals surface area contributed by atoms with Gasteiger partial charge in [0.2, 0.25) is 0 Å². The van der Waals surface area contributed by atoms with E-state index < -0.39 is 28.3 Å². The molecule has 0 fully saturated rings. The molecule has 1 aliphatic heterocycles. The lowest BCUT2D eigenvalue weighted by molar-refractivity contribution is 0.447. The van der Waals surface area contributed by atoms with Crippen LogP contribution >= 0.6 is 0 Å². The minimum Gasteiger partial charge on any atom is -0.393 e. The van der Waals surface area contributed by atoms with Gasteiger partial charge in [0.25, 0.3) is 0 Å². The first-order chi connectivity index (χ1) is 14.9. The number of hydrogen-bond acceptors (Lipinski definition) is 2. The van der Waals surface area contributed by atoms with Crippen LogP contribution in [0.4, 0.5) is 17.6 Å². The van der Waals surface area contributed by atoms with Crippen LogP contribution in [0.2, 0.25) is 0 Å². The van der Waals surface area contributed by atoms with Gasteiger partial charge < -0.3 is 5.32 Å². The Kier molecular flexibility index (Phi) is 7.81. The molecule has 3 nitrogen and oxygen atoms in total. The van der Waals surface area contributed by atoms with Crippen LogP contribution in [-0.2, 0) is 17.3 Å². The summed E-state index contributed by atoms with van der Waals surface area (Å²) < 4.78 is 65.3. The van der Waals surface area contributed by atoms with Gasteiger partial charge in [0.1, 0.15) is 5.82 Å². The van der Waals surface area contributed by atoms with Gasteiger partial charge in [0.15, 0.2) is 17.5 Å². The minimum absolute atomic E-state index is 0.0749. The first-order valence-corrected chi connectivity index (χ1v) is 11.0.